The monoisotopic (exact) mass is 458 g/mol. The zero-order valence-corrected chi connectivity index (χ0v) is 18.8. The van der Waals surface area contributed by atoms with Gasteiger partial charge in [-0.1, -0.05) is 60.1 Å². The number of nitrogens with zero attached hydrogens (tertiary/aromatic N) is 2. The maximum absolute atomic E-state index is 13.5. The van der Waals surface area contributed by atoms with Gasteiger partial charge < -0.3 is 0 Å². The maximum Gasteiger partial charge on any atom is 0.243 e. The van der Waals surface area contributed by atoms with E-state index >= 15 is 0 Å². The first-order valence-corrected chi connectivity index (χ1v) is 12.0. The van der Waals surface area contributed by atoms with Crippen molar-refractivity contribution in [2.45, 2.75) is 17.9 Å². The summed E-state index contributed by atoms with van der Waals surface area (Å²) in [5.41, 5.74) is 2.64. The number of sulfonamides is 1. The molecule has 0 saturated carbocycles. The van der Waals surface area contributed by atoms with Gasteiger partial charge in [0.25, 0.3) is 0 Å². The summed E-state index contributed by atoms with van der Waals surface area (Å²) in [6.45, 7) is 3.61. The molecule has 0 aliphatic carbocycles. The van der Waals surface area contributed by atoms with Gasteiger partial charge in [-0.3, -0.25) is 4.90 Å². The number of rotatable bonds is 5. The first-order chi connectivity index (χ1) is 14.9. The van der Waals surface area contributed by atoms with Crippen LogP contribution in [0.1, 0.15) is 22.7 Å². The molecule has 1 unspecified atom stereocenters. The van der Waals surface area contributed by atoms with Crippen LogP contribution in [0.3, 0.4) is 0 Å². The molecule has 31 heavy (non-hydrogen) atoms. The molecule has 1 atom stereocenters. The van der Waals surface area contributed by atoms with Crippen molar-refractivity contribution in [1.82, 2.24) is 9.21 Å². The minimum absolute atomic E-state index is 0.0699. The van der Waals surface area contributed by atoms with Crippen molar-refractivity contribution in [2.75, 3.05) is 26.2 Å². The Morgan fingerprint density at radius 3 is 2.10 bits per heavy atom. The van der Waals surface area contributed by atoms with Crippen LogP contribution in [-0.2, 0) is 10.0 Å². The Balaban J connectivity index is 1.58. The Labute approximate surface area is 187 Å². The van der Waals surface area contributed by atoms with E-state index in [0.717, 1.165) is 11.1 Å². The summed E-state index contributed by atoms with van der Waals surface area (Å²) in [6, 6.07) is 21.4. The number of hydrogen-bond donors (Lipinski definition) is 0. The fraction of sp³-hybridized carbons (Fsp3) is 0.250. The van der Waals surface area contributed by atoms with E-state index in [1.165, 1.54) is 16.4 Å². The fourth-order valence-electron chi connectivity index (χ4n) is 4.10. The van der Waals surface area contributed by atoms with Crippen molar-refractivity contribution >= 4 is 21.6 Å². The lowest BCUT2D eigenvalue weighted by Gasteiger charge is -2.39. The molecule has 162 valence electrons. The van der Waals surface area contributed by atoms with Gasteiger partial charge in [0.2, 0.25) is 10.0 Å². The summed E-state index contributed by atoms with van der Waals surface area (Å²) in [5.74, 6) is -0.275. The average molecular weight is 459 g/mol. The average Bonchev–Trinajstić information content (AvgIpc) is 2.78. The Morgan fingerprint density at radius 2 is 1.45 bits per heavy atom. The Bertz CT molecular complexity index is 1150. The van der Waals surface area contributed by atoms with Gasteiger partial charge in [0.05, 0.1) is 10.9 Å². The van der Waals surface area contributed by atoms with Crippen molar-refractivity contribution in [2.24, 2.45) is 0 Å². The van der Waals surface area contributed by atoms with Crippen molar-refractivity contribution in [3.63, 3.8) is 0 Å². The molecule has 1 aliphatic rings. The maximum atomic E-state index is 13.5. The molecule has 7 heteroatoms. The first kappa shape index (κ1) is 22.0. The lowest BCUT2D eigenvalue weighted by Crippen LogP contribution is -2.49. The van der Waals surface area contributed by atoms with Gasteiger partial charge in [0.15, 0.2) is 0 Å². The van der Waals surface area contributed by atoms with Crippen LogP contribution in [0.2, 0.25) is 5.02 Å². The molecule has 1 fully saturated rings. The van der Waals surface area contributed by atoms with E-state index in [0.29, 0.717) is 36.8 Å². The second-order valence-corrected chi connectivity index (χ2v) is 9.98. The molecule has 4 rings (SSSR count). The van der Waals surface area contributed by atoms with Crippen LogP contribution in [0.25, 0.3) is 0 Å². The highest BCUT2D eigenvalue weighted by Crippen LogP contribution is 2.31. The summed E-state index contributed by atoms with van der Waals surface area (Å²) in [5, 5.41) is 0.445. The third kappa shape index (κ3) is 4.53. The topological polar surface area (TPSA) is 40.6 Å². The molecular formula is C24H24ClFN2O2S. The van der Waals surface area contributed by atoms with Gasteiger partial charge in [-0.25, -0.2) is 12.8 Å². The van der Waals surface area contributed by atoms with Crippen LogP contribution < -0.4 is 0 Å². The van der Waals surface area contributed by atoms with Crippen molar-refractivity contribution in [1.29, 1.82) is 0 Å². The number of benzene rings is 3. The van der Waals surface area contributed by atoms with Gasteiger partial charge >= 0.3 is 0 Å². The fourth-order valence-corrected chi connectivity index (χ4v) is 6.00. The highest BCUT2D eigenvalue weighted by Gasteiger charge is 2.33. The highest BCUT2D eigenvalue weighted by atomic mass is 35.5. The molecule has 0 radical (unpaired) electrons. The molecule has 0 spiro atoms. The summed E-state index contributed by atoms with van der Waals surface area (Å²) >= 11 is 6.15. The smallest absolute Gasteiger partial charge is 0.243 e. The predicted molar refractivity (Wildman–Crippen MR) is 121 cm³/mol. The van der Waals surface area contributed by atoms with E-state index in [1.807, 2.05) is 30.3 Å². The first-order valence-electron chi connectivity index (χ1n) is 10.2. The number of hydrogen-bond acceptors (Lipinski definition) is 3. The van der Waals surface area contributed by atoms with Crippen LogP contribution in [0, 0.1) is 12.7 Å². The second-order valence-electron chi connectivity index (χ2n) is 7.67. The van der Waals surface area contributed by atoms with Crippen LogP contribution in [-0.4, -0.2) is 43.8 Å². The van der Waals surface area contributed by atoms with E-state index in [-0.39, 0.29) is 16.8 Å². The zero-order chi connectivity index (χ0) is 22.0. The molecule has 0 aromatic heterocycles. The molecular weight excluding hydrogens is 435 g/mol. The quantitative estimate of drug-likeness (QED) is 0.547. The van der Waals surface area contributed by atoms with Crippen LogP contribution in [0.15, 0.2) is 77.7 Å². The molecule has 1 heterocycles. The minimum Gasteiger partial charge on any atom is -0.290 e. The van der Waals surface area contributed by atoms with Crippen LogP contribution in [0.5, 0.6) is 0 Å². The molecule has 0 bridgehead atoms. The zero-order valence-electron chi connectivity index (χ0n) is 17.2. The molecule has 1 aliphatic heterocycles. The van der Waals surface area contributed by atoms with Crippen molar-refractivity contribution < 1.29 is 12.8 Å². The van der Waals surface area contributed by atoms with E-state index in [9.17, 15) is 12.8 Å². The standard InChI is InChI=1S/C24H24ClFN2O2S/c1-18-22(25)8-5-9-23(18)31(29,30)28-16-14-27(15-17-28)24(19-6-3-2-4-7-19)20-10-12-21(26)13-11-20/h2-13,24H,14-17H2,1H3. The van der Waals surface area contributed by atoms with E-state index in [2.05, 4.69) is 4.90 Å². The molecule has 4 nitrogen and oxygen atoms in total. The van der Waals surface area contributed by atoms with E-state index < -0.39 is 10.0 Å². The van der Waals surface area contributed by atoms with Crippen molar-refractivity contribution in [3.05, 3.63) is 100 Å². The highest BCUT2D eigenvalue weighted by molar-refractivity contribution is 7.89. The third-order valence-electron chi connectivity index (χ3n) is 5.78. The summed E-state index contributed by atoms with van der Waals surface area (Å²) in [4.78, 5) is 2.51. The van der Waals surface area contributed by atoms with E-state index in [1.54, 1.807) is 37.3 Å². The summed E-state index contributed by atoms with van der Waals surface area (Å²) in [6.07, 6.45) is 0. The lowest BCUT2D eigenvalue weighted by atomic mass is 9.96. The summed E-state index contributed by atoms with van der Waals surface area (Å²) < 4.78 is 41.5. The molecule has 0 N–H and O–H groups in total. The van der Waals surface area contributed by atoms with Gasteiger partial charge in [-0.15, -0.1) is 0 Å². The largest absolute Gasteiger partial charge is 0.290 e. The third-order valence-corrected chi connectivity index (χ3v) is 8.23. The Morgan fingerprint density at radius 1 is 0.839 bits per heavy atom. The van der Waals surface area contributed by atoms with Crippen LogP contribution >= 0.6 is 11.6 Å². The van der Waals surface area contributed by atoms with E-state index in [4.69, 9.17) is 11.6 Å². The van der Waals surface area contributed by atoms with Gasteiger partial charge in [-0.2, -0.15) is 4.31 Å². The molecule has 0 amide bonds. The molecule has 1 saturated heterocycles. The van der Waals surface area contributed by atoms with Crippen molar-refractivity contribution in [3.8, 4) is 0 Å². The minimum atomic E-state index is -3.63. The number of piperazine rings is 1. The normalized spacial score (nSPS) is 16.9. The van der Waals surface area contributed by atoms with Gasteiger partial charge in [0, 0.05) is 31.2 Å². The Kier molecular flexibility index (Phi) is 6.44. The van der Waals surface area contributed by atoms with Crippen LogP contribution in [0.4, 0.5) is 4.39 Å². The molecule has 3 aromatic carbocycles. The number of halogens is 2. The molecule has 3 aromatic rings. The second kappa shape index (κ2) is 9.09. The van der Waals surface area contributed by atoms with Gasteiger partial charge in [0.1, 0.15) is 5.82 Å². The lowest BCUT2D eigenvalue weighted by molar-refractivity contribution is 0.155. The SMILES string of the molecule is Cc1c(Cl)cccc1S(=O)(=O)N1CCN(C(c2ccccc2)c2ccc(F)cc2)CC1. The van der Waals surface area contributed by atoms with Gasteiger partial charge in [-0.05, 0) is 47.9 Å². The predicted octanol–water partition coefficient (Wildman–Crippen LogP) is 4.88. The summed E-state index contributed by atoms with van der Waals surface area (Å²) in [7, 11) is -3.63. The Hall–Kier alpha value is -2.25.